The van der Waals surface area contributed by atoms with Crippen LogP contribution in [0, 0.1) is 5.92 Å². The highest BCUT2D eigenvalue weighted by Gasteiger charge is 2.25. The minimum Gasteiger partial charge on any atom is -0.491 e. The molecule has 122 valence electrons. The third-order valence-corrected chi connectivity index (χ3v) is 3.42. The molecule has 1 aromatic rings. The largest absolute Gasteiger partial charge is 0.491 e. The molecule has 0 aromatic heterocycles. The van der Waals surface area contributed by atoms with Crippen molar-refractivity contribution in [3.05, 3.63) is 29.8 Å². The summed E-state index contributed by atoms with van der Waals surface area (Å²) in [7, 11) is 1.58. The summed E-state index contributed by atoms with van der Waals surface area (Å²) >= 11 is 0. The monoisotopic (exact) mass is 309 g/mol. The number of hydrogen-bond donors (Lipinski definition) is 2. The van der Waals surface area contributed by atoms with Crippen LogP contribution in [0.15, 0.2) is 24.3 Å². The molecule has 0 saturated carbocycles. The standard InChI is InChI=1S/C16H23NO5/c1-4-11(2)14(16(19)20)17-15(18)12-6-5-7-13(10-12)22-9-8-21-3/h5-7,10-11,14H,4,8-9H2,1-3H3,(H,17,18)(H,19,20)/t11-,14-/m0/s1. The minimum atomic E-state index is -1.03. The van der Waals surface area contributed by atoms with Gasteiger partial charge in [-0.25, -0.2) is 4.79 Å². The zero-order valence-electron chi connectivity index (χ0n) is 13.2. The summed E-state index contributed by atoms with van der Waals surface area (Å²) in [6.07, 6.45) is 0.664. The SMILES string of the molecule is CC[C@H](C)[C@H](NC(=O)c1cccc(OCCOC)c1)C(=O)O. The molecule has 0 unspecified atom stereocenters. The highest BCUT2D eigenvalue weighted by molar-refractivity contribution is 5.96. The van der Waals surface area contributed by atoms with Crippen LogP contribution in [0.5, 0.6) is 5.75 Å². The van der Waals surface area contributed by atoms with E-state index in [1.54, 1.807) is 38.3 Å². The summed E-state index contributed by atoms with van der Waals surface area (Å²) in [5, 5.41) is 11.8. The highest BCUT2D eigenvalue weighted by Crippen LogP contribution is 2.15. The van der Waals surface area contributed by atoms with Crippen LogP contribution in [-0.2, 0) is 9.53 Å². The molecule has 6 nitrogen and oxygen atoms in total. The molecule has 0 aliphatic rings. The lowest BCUT2D eigenvalue weighted by atomic mass is 9.99. The number of carboxylic acids is 1. The van der Waals surface area contributed by atoms with E-state index in [4.69, 9.17) is 9.47 Å². The van der Waals surface area contributed by atoms with E-state index in [1.807, 2.05) is 6.92 Å². The van der Waals surface area contributed by atoms with Gasteiger partial charge in [-0.1, -0.05) is 26.3 Å². The molecule has 2 N–H and O–H groups in total. The zero-order valence-corrected chi connectivity index (χ0v) is 13.2. The molecule has 0 spiro atoms. The van der Waals surface area contributed by atoms with Crippen LogP contribution in [0.4, 0.5) is 0 Å². The summed E-state index contributed by atoms with van der Waals surface area (Å²) in [5.41, 5.74) is 0.365. The number of methoxy groups -OCH3 is 1. The van der Waals surface area contributed by atoms with Crippen LogP contribution in [0.2, 0.25) is 0 Å². The van der Waals surface area contributed by atoms with Crippen molar-refractivity contribution in [2.75, 3.05) is 20.3 Å². The molecule has 6 heteroatoms. The topological polar surface area (TPSA) is 84.9 Å². The predicted octanol–water partition coefficient (Wildman–Crippen LogP) is 1.94. The van der Waals surface area contributed by atoms with Crippen molar-refractivity contribution in [1.29, 1.82) is 0 Å². The Hall–Kier alpha value is -2.08. The highest BCUT2D eigenvalue weighted by atomic mass is 16.5. The summed E-state index contributed by atoms with van der Waals surface area (Å²) in [6, 6.07) is 5.72. The Labute approximate surface area is 130 Å². The molecule has 0 aliphatic carbocycles. The zero-order chi connectivity index (χ0) is 16.5. The molecule has 1 aromatic carbocycles. The maximum Gasteiger partial charge on any atom is 0.326 e. The second kappa shape index (κ2) is 9.04. The van der Waals surface area contributed by atoms with Gasteiger partial charge in [0.25, 0.3) is 5.91 Å². The lowest BCUT2D eigenvalue weighted by molar-refractivity contribution is -0.140. The van der Waals surface area contributed by atoms with Gasteiger partial charge in [0.1, 0.15) is 18.4 Å². The molecule has 0 heterocycles. The van der Waals surface area contributed by atoms with Gasteiger partial charge in [0.2, 0.25) is 0 Å². The Morgan fingerprint density at radius 3 is 2.64 bits per heavy atom. The van der Waals surface area contributed by atoms with Crippen LogP contribution in [-0.4, -0.2) is 43.3 Å². The Balaban J connectivity index is 2.75. The maximum atomic E-state index is 12.2. The van der Waals surface area contributed by atoms with Crippen molar-refractivity contribution in [1.82, 2.24) is 5.32 Å². The third-order valence-electron chi connectivity index (χ3n) is 3.42. The number of ether oxygens (including phenoxy) is 2. The molecule has 0 bridgehead atoms. The Bertz CT molecular complexity index is 503. The number of amides is 1. The molecular formula is C16H23NO5. The fraction of sp³-hybridized carbons (Fsp3) is 0.500. The molecule has 1 rings (SSSR count). The molecule has 2 atom stereocenters. The lowest BCUT2D eigenvalue weighted by Gasteiger charge is -2.20. The summed E-state index contributed by atoms with van der Waals surface area (Å²) in [6.45, 7) is 4.51. The number of carbonyl (C=O) groups excluding carboxylic acids is 1. The fourth-order valence-electron chi connectivity index (χ4n) is 1.88. The Morgan fingerprint density at radius 1 is 1.32 bits per heavy atom. The van der Waals surface area contributed by atoms with Gasteiger partial charge in [-0.3, -0.25) is 4.79 Å². The third kappa shape index (κ3) is 5.37. The van der Waals surface area contributed by atoms with E-state index >= 15 is 0 Å². The van der Waals surface area contributed by atoms with Crippen molar-refractivity contribution in [2.24, 2.45) is 5.92 Å². The molecular weight excluding hydrogens is 286 g/mol. The van der Waals surface area contributed by atoms with Crippen molar-refractivity contribution < 1.29 is 24.2 Å². The Kier molecular flexibility index (Phi) is 7.39. The summed E-state index contributed by atoms with van der Waals surface area (Å²) < 4.78 is 10.3. The van der Waals surface area contributed by atoms with Crippen LogP contribution in [0.25, 0.3) is 0 Å². The van der Waals surface area contributed by atoms with Gasteiger partial charge in [-0.2, -0.15) is 0 Å². The first-order valence-electron chi connectivity index (χ1n) is 7.25. The summed E-state index contributed by atoms with van der Waals surface area (Å²) in [5.74, 6) is -1.07. The average Bonchev–Trinajstić information content (AvgIpc) is 2.52. The quantitative estimate of drug-likeness (QED) is 0.681. The average molecular weight is 309 g/mol. The van der Waals surface area contributed by atoms with Gasteiger partial charge < -0.3 is 19.9 Å². The summed E-state index contributed by atoms with van der Waals surface area (Å²) in [4.78, 5) is 23.5. The number of benzene rings is 1. The minimum absolute atomic E-state index is 0.150. The van der Waals surface area contributed by atoms with E-state index in [9.17, 15) is 14.7 Å². The molecule has 0 radical (unpaired) electrons. The first-order valence-corrected chi connectivity index (χ1v) is 7.25. The first-order chi connectivity index (χ1) is 10.5. The van der Waals surface area contributed by atoms with Crippen molar-refractivity contribution >= 4 is 11.9 Å². The first kappa shape index (κ1) is 18.0. The number of rotatable bonds is 9. The van der Waals surface area contributed by atoms with Crippen molar-refractivity contribution in [3.63, 3.8) is 0 Å². The second-order valence-electron chi connectivity index (χ2n) is 5.04. The van der Waals surface area contributed by atoms with Gasteiger partial charge >= 0.3 is 5.97 Å². The lowest BCUT2D eigenvalue weighted by Crippen LogP contribution is -2.45. The van der Waals surface area contributed by atoms with Crippen LogP contribution < -0.4 is 10.1 Å². The fourth-order valence-corrected chi connectivity index (χ4v) is 1.88. The van der Waals surface area contributed by atoms with Gasteiger partial charge in [0.05, 0.1) is 6.61 Å². The van der Waals surface area contributed by atoms with E-state index in [0.29, 0.717) is 30.9 Å². The maximum absolute atomic E-state index is 12.2. The van der Waals surface area contributed by atoms with E-state index in [2.05, 4.69) is 5.32 Å². The van der Waals surface area contributed by atoms with E-state index in [1.165, 1.54) is 0 Å². The normalized spacial score (nSPS) is 13.2. The van der Waals surface area contributed by atoms with E-state index < -0.39 is 17.9 Å². The number of hydrogen-bond acceptors (Lipinski definition) is 4. The van der Waals surface area contributed by atoms with Gasteiger partial charge in [0, 0.05) is 12.7 Å². The van der Waals surface area contributed by atoms with Gasteiger partial charge in [0.15, 0.2) is 0 Å². The van der Waals surface area contributed by atoms with E-state index in [-0.39, 0.29) is 5.92 Å². The smallest absolute Gasteiger partial charge is 0.326 e. The number of nitrogens with one attached hydrogen (secondary N) is 1. The molecule has 1 amide bonds. The molecule has 0 aliphatic heterocycles. The van der Waals surface area contributed by atoms with Gasteiger partial charge in [-0.05, 0) is 24.1 Å². The van der Waals surface area contributed by atoms with Crippen LogP contribution in [0.3, 0.4) is 0 Å². The molecule has 22 heavy (non-hydrogen) atoms. The number of aliphatic carboxylic acids is 1. The molecule has 0 fully saturated rings. The van der Waals surface area contributed by atoms with E-state index in [0.717, 1.165) is 0 Å². The second-order valence-corrected chi connectivity index (χ2v) is 5.04. The number of carboxylic acid groups (broad SMARTS) is 1. The van der Waals surface area contributed by atoms with Crippen molar-refractivity contribution in [2.45, 2.75) is 26.3 Å². The number of carbonyl (C=O) groups is 2. The molecule has 0 saturated heterocycles. The Morgan fingerprint density at radius 2 is 2.05 bits per heavy atom. The van der Waals surface area contributed by atoms with Gasteiger partial charge in [-0.15, -0.1) is 0 Å². The predicted molar refractivity (Wildman–Crippen MR) is 82.2 cm³/mol. The van der Waals surface area contributed by atoms with Crippen LogP contribution in [0.1, 0.15) is 30.6 Å². The van der Waals surface area contributed by atoms with Crippen LogP contribution >= 0.6 is 0 Å². The van der Waals surface area contributed by atoms with Crippen molar-refractivity contribution in [3.8, 4) is 5.75 Å².